The molecule has 200 valence electrons. The SMILES string of the molecule is Cn1cc2c(c1O)[C@@H](c1ccc(C#N)cc1S(C)(=O)=O)N(S(C)(=O)=O)C(=O)N2c1cccc(C(F)(F)F)c1. The number of alkyl halides is 3. The molecule has 0 fully saturated rings. The van der Waals surface area contributed by atoms with Crippen LogP contribution in [-0.4, -0.2) is 49.4 Å². The monoisotopic (exact) mass is 568 g/mol. The molecule has 0 unspecified atom stereocenters. The number of fused-ring (bicyclic) bond motifs is 1. The van der Waals surface area contributed by atoms with Crippen molar-refractivity contribution in [3.8, 4) is 11.9 Å². The first-order valence-electron chi connectivity index (χ1n) is 10.6. The van der Waals surface area contributed by atoms with Gasteiger partial charge in [-0.1, -0.05) is 12.1 Å². The van der Waals surface area contributed by atoms with Crippen LogP contribution in [0.15, 0.2) is 53.6 Å². The first kappa shape index (κ1) is 27.0. The van der Waals surface area contributed by atoms with Crippen molar-refractivity contribution in [3.05, 3.63) is 70.9 Å². The molecule has 2 amide bonds. The Bertz CT molecular complexity index is 1740. The second kappa shape index (κ2) is 8.77. The Labute approximate surface area is 215 Å². The zero-order chi connectivity index (χ0) is 28.4. The van der Waals surface area contributed by atoms with Gasteiger partial charge in [0.25, 0.3) is 0 Å². The number of sulfonamides is 1. The molecule has 1 atom stereocenters. The van der Waals surface area contributed by atoms with Gasteiger partial charge in [-0.3, -0.25) is 4.90 Å². The van der Waals surface area contributed by atoms with Crippen LogP contribution in [0.4, 0.5) is 29.3 Å². The highest BCUT2D eigenvalue weighted by molar-refractivity contribution is 7.90. The molecule has 3 aromatic rings. The third-order valence-electron chi connectivity index (χ3n) is 5.92. The Morgan fingerprint density at radius 2 is 1.71 bits per heavy atom. The number of rotatable bonds is 4. The van der Waals surface area contributed by atoms with E-state index in [1.54, 1.807) is 6.07 Å². The molecule has 0 saturated carbocycles. The van der Waals surface area contributed by atoms with Crippen LogP contribution >= 0.6 is 0 Å². The quantitative estimate of drug-likeness (QED) is 0.507. The van der Waals surface area contributed by atoms with Crippen molar-refractivity contribution >= 4 is 37.3 Å². The standard InChI is InChI=1S/C23H19F3N4O6S2/c1-28-12-17-19(21(28)31)20(16-8-7-13(11-27)9-18(16)37(2,33)34)30(38(3,35)36)22(32)29(17)15-6-4-5-14(10-15)23(24,25)26/h4-10,12,20,31H,1-3H3/t20-/m1/s1. The average Bonchev–Trinajstić information content (AvgIpc) is 3.09. The summed E-state index contributed by atoms with van der Waals surface area (Å²) in [5, 5.41) is 20.2. The van der Waals surface area contributed by atoms with Crippen LogP contribution in [0.1, 0.15) is 28.3 Å². The van der Waals surface area contributed by atoms with E-state index in [1.807, 2.05) is 0 Å². The minimum absolute atomic E-state index is 0.0645. The van der Waals surface area contributed by atoms with E-state index in [1.165, 1.54) is 19.3 Å². The molecule has 0 radical (unpaired) electrons. The Morgan fingerprint density at radius 1 is 1.05 bits per heavy atom. The van der Waals surface area contributed by atoms with Crippen LogP contribution in [0.5, 0.6) is 5.88 Å². The molecule has 0 aliphatic carbocycles. The summed E-state index contributed by atoms with van der Waals surface area (Å²) in [4.78, 5) is 14.0. The van der Waals surface area contributed by atoms with Gasteiger partial charge in [0.15, 0.2) is 15.7 Å². The second-order valence-corrected chi connectivity index (χ2v) is 12.5. The molecule has 1 aliphatic rings. The fourth-order valence-electron chi connectivity index (χ4n) is 4.33. The van der Waals surface area contributed by atoms with E-state index in [0.29, 0.717) is 21.5 Å². The third-order valence-corrected chi connectivity index (χ3v) is 8.16. The number of nitrogens with zero attached hydrogens (tertiary/aromatic N) is 4. The molecule has 0 bridgehead atoms. The molecule has 4 rings (SSSR count). The molecule has 1 aromatic heterocycles. The third kappa shape index (κ3) is 4.45. The lowest BCUT2D eigenvalue weighted by Crippen LogP contribution is -2.50. The topological polar surface area (TPSA) is 141 Å². The van der Waals surface area contributed by atoms with Crippen molar-refractivity contribution in [2.24, 2.45) is 7.05 Å². The van der Waals surface area contributed by atoms with E-state index in [-0.39, 0.29) is 28.1 Å². The van der Waals surface area contributed by atoms with E-state index in [9.17, 15) is 45.2 Å². The van der Waals surface area contributed by atoms with Crippen LogP contribution < -0.4 is 4.90 Å². The van der Waals surface area contributed by atoms with Gasteiger partial charge < -0.3 is 9.67 Å². The van der Waals surface area contributed by atoms with Crippen LogP contribution in [0, 0.1) is 11.3 Å². The van der Waals surface area contributed by atoms with E-state index in [2.05, 4.69) is 0 Å². The number of aromatic nitrogens is 1. The Kier molecular flexibility index (Phi) is 6.24. The number of amides is 2. The Morgan fingerprint density at radius 3 is 2.26 bits per heavy atom. The molecule has 1 N–H and O–H groups in total. The molecule has 15 heteroatoms. The Hall–Kier alpha value is -4.03. The smallest absolute Gasteiger partial charge is 0.416 e. The summed E-state index contributed by atoms with van der Waals surface area (Å²) in [6.45, 7) is 0. The summed E-state index contributed by atoms with van der Waals surface area (Å²) in [5.74, 6) is -0.563. The summed E-state index contributed by atoms with van der Waals surface area (Å²) >= 11 is 0. The molecule has 38 heavy (non-hydrogen) atoms. The number of hydrogen-bond acceptors (Lipinski definition) is 7. The summed E-state index contributed by atoms with van der Waals surface area (Å²) in [6.07, 6.45) is -2.08. The number of carbonyl (C=O) groups is 1. The summed E-state index contributed by atoms with van der Waals surface area (Å²) in [6, 6.07) is 5.74. The maximum absolute atomic E-state index is 13.8. The highest BCUT2D eigenvalue weighted by atomic mass is 32.2. The summed E-state index contributed by atoms with van der Waals surface area (Å²) in [5.41, 5.74) is -2.16. The Balaban J connectivity index is 2.11. The number of halogens is 3. The summed E-state index contributed by atoms with van der Waals surface area (Å²) in [7, 11) is -7.30. The van der Waals surface area contributed by atoms with Crippen molar-refractivity contribution in [1.82, 2.24) is 8.87 Å². The predicted molar refractivity (Wildman–Crippen MR) is 129 cm³/mol. The molecule has 0 spiro atoms. The number of aryl methyl sites for hydroxylation is 1. The number of hydrogen-bond donors (Lipinski definition) is 1. The second-order valence-electron chi connectivity index (χ2n) is 8.63. The molecule has 10 nitrogen and oxygen atoms in total. The van der Waals surface area contributed by atoms with Gasteiger partial charge in [-0.05, 0) is 35.9 Å². The van der Waals surface area contributed by atoms with Gasteiger partial charge in [0.2, 0.25) is 10.0 Å². The number of nitriles is 1. The maximum atomic E-state index is 13.8. The van der Waals surface area contributed by atoms with Gasteiger partial charge >= 0.3 is 12.2 Å². The highest BCUT2D eigenvalue weighted by Gasteiger charge is 2.48. The van der Waals surface area contributed by atoms with Crippen LogP contribution in [0.3, 0.4) is 0 Å². The minimum atomic E-state index is -4.78. The van der Waals surface area contributed by atoms with Crippen molar-refractivity contribution in [2.75, 3.05) is 17.4 Å². The first-order chi connectivity index (χ1) is 17.5. The molecular formula is C23H19F3N4O6S2. The van der Waals surface area contributed by atoms with Crippen LogP contribution in [-0.2, 0) is 33.1 Å². The number of benzene rings is 2. The van der Waals surface area contributed by atoms with Crippen molar-refractivity contribution < 1.29 is 39.9 Å². The first-order valence-corrected chi connectivity index (χ1v) is 14.3. The molecule has 0 saturated heterocycles. The van der Waals surface area contributed by atoms with Gasteiger partial charge in [-0.15, -0.1) is 0 Å². The van der Waals surface area contributed by atoms with Gasteiger partial charge in [-0.2, -0.15) is 18.4 Å². The summed E-state index contributed by atoms with van der Waals surface area (Å²) < 4.78 is 93.1. The van der Waals surface area contributed by atoms with Gasteiger partial charge in [0.1, 0.15) is 6.04 Å². The largest absolute Gasteiger partial charge is 0.494 e. The molecular weight excluding hydrogens is 549 g/mol. The minimum Gasteiger partial charge on any atom is -0.494 e. The lowest BCUT2D eigenvalue weighted by atomic mass is 9.96. The molecule has 2 heterocycles. The average molecular weight is 569 g/mol. The van der Waals surface area contributed by atoms with Crippen LogP contribution in [0.2, 0.25) is 0 Å². The maximum Gasteiger partial charge on any atom is 0.416 e. The zero-order valence-electron chi connectivity index (χ0n) is 19.9. The normalized spacial score (nSPS) is 16.3. The number of sulfone groups is 1. The number of anilines is 2. The fraction of sp³-hybridized carbons (Fsp3) is 0.217. The van der Waals surface area contributed by atoms with Gasteiger partial charge in [-0.25, -0.2) is 25.9 Å². The van der Waals surface area contributed by atoms with E-state index >= 15 is 0 Å². The van der Waals surface area contributed by atoms with Crippen molar-refractivity contribution in [2.45, 2.75) is 17.1 Å². The van der Waals surface area contributed by atoms with Gasteiger partial charge in [0.05, 0.1) is 45.3 Å². The van der Waals surface area contributed by atoms with Gasteiger partial charge in [0, 0.05) is 19.5 Å². The molecule has 2 aromatic carbocycles. The lowest BCUT2D eigenvalue weighted by molar-refractivity contribution is -0.137. The predicted octanol–water partition coefficient (Wildman–Crippen LogP) is 3.65. The van der Waals surface area contributed by atoms with E-state index < -0.39 is 54.4 Å². The number of carbonyl (C=O) groups excluding carboxylic acids is 1. The van der Waals surface area contributed by atoms with Crippen molar-refractivity contribution in [3.63, 3.8) is 0 Å². The molecule has 1 aliphatic heterocycles. The van der Waals surface area contributed by atoms with Crippen molar-refractivity contribution in [1.29, 1.82) is 5.26 Å². The van der Waals surface area contributed by atoms with E-state index in [4.69, 9.17) is 0 Å². The van der Waals surface area contributed by atoms with Crippen LogP contribution in [0.25, 0.3) is 0 Å². The van der Waals surface area contributed by atoms with E-state index in [0.717, 1.165) is 41.2 Å². The number of aromatic hydroxyl groups is 1. The zero-order valence-corrected chi connectivity index (χ0v) is 21.6. The highest BCUT2D eigenvalue weighted by Crippen LogP contribution is 2.50. The fourth-order valence-corrected chi connectivity index (χ4v) is 6.24. The number of urea groups is 1. The lowest BCUT2D eigenvalue weighted by Gasteiger charge is -2.40.